The fourth-order valence-corrected chi connectivity index (χ4v) is 1.34. The van der Waals surface area contributed by atoms with Crippen LogP contribution in [-0.4, -0.2) is 11.7 Å². The van der Waals surface area contributed by atoms with Crippen LogP contribution in [0.5, 0.6) is 0 Å². The van der Waals surface area contributed by atoms with E-state index >= 15 is 0 Å². The molecule has 0 unspecified atom stereocenters. The summed E-state index contributed by atoms with van der Waals surface area (Å²) in [6.45, 7) is -0.999. The molecule has 0 radical (unpaired) electrons. The van der Waals surface area contributed by atoms with Gasteiger partial charge in [-0.05, 0) is 18.2 Å². The molecule has 0 aliphatic rings. The fraction of sp³-hybridized carbons (Fsp3) is 0.400. The van der Waals surface area contributed by atoms with E-state index in [1.54, 1.807) is 0 Å². The van der Waals surface area contributed by atoms with Crippen molar-refractivity contribution in [2.45, 2.75) is 18.5 Å². The van der Waals surface area contributed by atoms with Crippen LogP contribution in [0.15, 0.2) is 18.2 Å². The minimum atomic E-state index is -5.00. The number of rotatable bonds is 3. The van der Waals surface area contributed by atoms with Gasteiger partial charge in [0.2, 0.25) is 0 Å². The minimum absolute atomic E-state index is 0.137. The van der Waals surface area contributed by atoms with Crippen molar-refractivity contribution < 1.29 is 31.4 Å². The van der Waals surface area contributed by atoms with Crippen LogP contribution in [0.2, 0.25) is 0 Å². The van der Waals surface area contributed by atoms with Gasteiger partial charge in [0, 0.05) is 18.6 Å². The Kier molecular flexibility index (Phi) is 3.71. The Hall–Kier alpha value is -1.24. The normalized spacial score (nSPS) is 12.9. The minimum Gasteiger partial charge on any atom is -0.396 e. The van der Waals surface area contributed by atoms with Gasteiger partial charge in [0.15, 0.2) is 0 Å². The summed E-state index contributed by atoms with van der Waals surface area (Å²) in [6, 6.07) is 0.857. The summed E-state index contributed by atoms with van der Waals surface area (Å²) in [5.74, 6) is -5.12. The first-order chi connectivity index (χ1) is 7.68. The van der Waals surface area contributed by atoms with Gasteiger partial charge in [-0.1, -0.05) is 0 Å². The van der Waals surface area contributed by atoms with Crippen molar-refractivity contribution in [3.8, 4) is 0 Å². The van der Waals surface area contributed by atoms with E-state index in [1.807, 2.05) is 0 Å². The second-order valence-corrected chi connectivity index (χ2v) is 3.37. The monoisotopic (exact) mass is 258 g/mol. The highest BCUT2D eigenvalue weighted by molar-refractivity contribution is 5.33. The average Bonchev–Trinajstić information content (AvgIpc) is 2.15. The molecule has 7 heteroatoms. The quantitative estimate of drug-likeness (QED) is 0.824. The topological polar surface area (TPSA) is 20.2 Å². The molecular weight excluding hydrogens is 250 g/mol. The first-order valence-electron chi connectivity index (χ1n) is 4.54. The van der Waals surface area contributed by atoms with Crippen LogP contribution in [0.1, 0.15) is 17.5 Å². The van der Waals surface area contributed by atoms with Crippen LogP contribution in [0, 0.1) is 5.82 Å². The fourth-order valence-electron chi connectivity index (χ4n) is 1.34. The molecule has 0 amide bonds. The van der Waals surface area contributed by atoms with Gasteiger partial charge in [-0.2, -0.15) is 13.2 Å². The van der Waals surface area contributed by atoms with Crippen molar-refractivity contribution in [2.75, 3.05) is 6.61 Å². The van der Waals surface area contributed by atoms with Crippen LogP contribution in [-0.2, 0) is 12.1 Å². The molecule has 0 saturated carbocycles. The maximum absolute atomic E-state index is 13.3. The Morgan fingerprint density at radius 3 is 2.06 bits per heavy atom. The SMILES string of the molecule is OCCC(F)(F)c1cc(F)ccc1C(F)(F)F. The zero-order valence-electron chi connectivity index (χ0n) is 8.36. The maximum Gasteiger partial charge on any atom is 0.416 e. The first kappa shape index (κ1) is 13.8. The van der Waals surface area contributed by atoms with E-state index in [2.05, 4.69) is 0 Å². The molecule has 1 N–H and O–H groups in total. The summed E-state index contributed by atoms with van der Waals surface area (Å²) in [4.78, 5) is 0. The van der Waals surface area contributed by atoms with Crippen molar-refractivity contribution in [1.82, 2.24) is 0 Å². The van der Waals surface area contributed by atoms with Gasteiger partial charge in [0.05, 0.1) is 5.56 Å². The predicted octanol–water partition coefficient (Wildman–Crippen LogP) is 3.32. The van der Waals surface area contributed by atoms with Crippen LogP contribution in [0.25, 0.3) is 0 Å². The molecule has 0 saturated heterocycles. The molecule has 0 bridgehead atoms. The lowest BCUT2D eigenvalue weighted by Gasteiger charge is -2.20. The van der Waals surface area contributed by atoms with Crippen LogP contribution >= 0.6 is 0 Å². The van der Waals surface area contributed by atoms with Gasteiger partial charge < -0.3 is 5.11 Å². The largest absolute Gasteiger partial charge is 0.416 e. The predicted molar refractivity (Wildman–Crippen MR) is 47.0 cm³/mol. The van der Waals surface area contributed by atoms with Crippen molar-refractivity contribution in [3.05, 3.63) is 35.1 Å². The Bertz CT molecular complexity index is 398. The molecule has 96 valence electrons. The van der Waals surface area contributed by atoms with E-state index in [0.717, 1.165) is 0 Å². The highest BCUT2D eigenvalue weighted by Crippen LogP contribution is 2.41. The number of aliphatic hydroxyl groups is 1. The van der Waals surface area contributed by atoms with Gasteiger partial charge in [-0.15, -0.1) is 0 Å². The van der Waals surface area contributed by atoms with E-state index in [4.69, 9.17) is 5.11 Å². The summed E-state index contributed by atoms with van der Waals surface area (Å²) >= 11 is 0. The Labute approximate surface area is 92.7 Å². The molecular formula is C10H8F6O. The molecule has 0 fully saturated rings. The van der Waals surface area contributed by atoms with Gasteiger partial charge in [0.1, 0.15) is 5.82 Å². The maximum atomic E-state index is 13.3. The van der Waals surface area contributed by atoms with Crippen LogP contribution < -0.4 is 0 Å². The van der Waals surface area contributed by atoms with Crippen LogP contribution in [0.4, 0.5) is 26.3 Å². The Morgan fingerprint density at radius 2 is 1.59 bits per heavy atom. The first-order valence-corrected chi connectivity index (χ1v) is 4.54. The third kappa shape index (κ3) is 3.12. The zero-order chi connectivity index (χ0) is 13.3. The third-order valence-corrected chi connectivity index (χ3v) is 2.11. The van der Waals surface area contributed by atoms with Crippen LogP contribution in [0.3, 0.4) is 0 Å². The standard InChI is InChI=1S/C10H8F6O/c11-6-1-2-7(10(14,15)16)8(5-6)9(12,13)3-4-17/h1-2,5,17H,3-4H2. The van der Waals surface area contributed by atoms with Crippen molar-refractivity contribution in [1.29, 1.82) is 0 Å². The number of alkyl halides is 5. The summed E-state index contributed by atoms with van der Waals surface area (Å²) in [5.41, 5.74) is -3.06. The number of aliphatic hydroxyl groups excluding tert-OH is 1. The smallest absolute Gasteiger partial charge is 0.396 e. The molecule has 17 heavy (non-hydrogen) atoms. The molecule has 0 heterocycles. The van der Waals surface area contributed by atoms with E-state index in [0.29, 0.717) is 6.07 Å². The molecule has 0 atom stereocenters. The lowest BCUT2D eigenvalue weighted by molar-refractivity contribution is -0.142. The summed E-state index contributed by atoms with van der Waals surface area (Å²) in [6.07, 6.45) is -6.19. The Morgan fingerprint density at radius 1 is 1.00 bits per heavy atom. The highest BCUT2D eigenvalue weighted by atomic mass is 19.4. The van der Waals surface area contributed by atoms with E-state index in [9.17, 15) is 26.3 Å². The highest BCUT2D eigenvalue weighted by Gasteiger charge is 2.42. The summed E-state index contributed by atoms with van der Waals surface area (Å²) < 4.78 is 76.6. The van der Waals surface area contributed by atoms with Crippen molar-refractivity contribution >= 4 is 0 Å². The number of hydrogen-bond acceptors (Lipinski definition) is 1. The lowest BCUT2D eigenvalue weighted by atomic mass is 9.99. The van der Waals surface area contributed by atoms with E-state index in [1.165, 1.54) is 0 Å². The van der Waals surface area contributed by atoms with Gasteiger partial charge in [-0.3, -0.25) is 0 Å². The number of hydrogen-bond donors (Lipinski definition) is 1. The molecule has 0 aliphatic carbocycles. The second kappa shape index (κ2) is 4.56. The third-order valence-electron chi connectivity index (χ3n) is 2.11. The summed E-state index contributed by atoms with van der Waals surface area (Å²) in [7, 11) is 0. The zero-order valence-corrected chi connectivity index (χ0v) is 8.36. The molecule has 1 aromatic rings. The van der Waals surface area contributed by atoms with E-state index < -0.39 is 42.1 Å². The van der Waals surface area contributed by atoms with Crippen molar-refractivity contribution in [2.24, 2.45) is 0 Å². The van der Waals surface area contributed by atoms with Crippen molar-refractivity contribution in [3.63, 3.8) is 0 Å². The van der Waals surface area contributed by atoms with Gasteiger partial charge >= 0.3 is 6.18 Å². The Balaban J connectivity index is 3.34. The van der Waals surface area contributed by atoms with E-state index in [-0.39, 0.29) is 12.1 Å². The summed E-state index contributed by atoms with van der Waals surface area (Å²) in [5, 5.41) is 8.37. The molecule has 0 aliphatic heterocycles. The average molecular weight is 258 g/mol. The molecule has 1 aromatic carbocycles. The lowest BCUT2D eigenvalue weighted by Crippen LogP contribution is -2.21. The number of benzene rings is 1. The molecule has 1 nitrogen and oxygen atoms in total. The molecule has 0 aromatic heterocycles. The molecule has 0 spiro atoms. The molecule has 1 rings (SSSR count). The number of halogens is 6. The van der Waals surface area contributed by atoms with Gasteiger partial charge in [-0.25, -0.2) is 13.2 Å². The second-order valence-electron chi connectivity index (χ2n) is 3.37. The van der Waals surface area contributed by atoms with Gasteiger partial charge in [0.25, 0.3) is 5.92 Å².